The zero-order chi connectivity index (χ0) is 20.6. The van der Waals surface area contributed by atoms with Crippen molar-refractivity contribution in [1.29, 1.82) is 0 Å². The summed E-state index contributed by atoms with van der Waals surface area (Å²) in [7, 11) is -4.05. The Kier molecular flexibility index (Phi) is 5.20. The number of rotatable bonds is 4. The number of ether oxygens (including phenoxy) is 2. The molecule has 2 aliphatic heterocycles. The molecule has 1 saturated heterocycles. The molecule has 1 aromatic heterocycles. The molecule has 1 aromatic carbocycles. The summed E-state index contributed by atoms with van der Waals surface area (Å²) in [5, 5.41) is 6.85. The number of carbonyl (C=O) groups is 1. The first-order chi connectivity index (χ1) is 13.8. The summed E-state index contributed by atoms with van der Waals surface area (Å²) in [6.45, 7) is 5.33. The molecule has 3 heterocycles. The number of piperidine rings is 1. The van der Waals surface area contributed by atoms with Crippen molar-refractivity contribution in [1.82, 2.24) is 15.1 Å². The SMILES string of the molecule is CC1CC(C)CN(C(=O)CS(=O)(=O)c2nnc(C3COc4ccccc4O3)o2)C1. The third kappa shape index (κ3) is 4.21. The lowest BCUT2D eigenvalue weighted by Gasteiger charge is -2.34. The van der Waals surface area contributed by atoms with Gasteiger partial charge in [-0.05, 0) is 30.4 Å². The van der Waals surface area contributed by atoms with E-state index in [-0.39, 0.29) is 12.5 Å². The highest BCUT2D eigenvalue weighted by Crippen LogP contribution is 2.35. The number of fused-ring (bicyclic) bond motifs is 1. The molecule has 3 atom stereocenters. The van der Waals surface area contributed by atoms with Crippen LogP contribution in [0, 0.1) is 11.8 Å². The summed E-state index contributed by atoms with van der Waals surface area (Å²) in [4.78, 5) is 14.1. The molecular weight excluding hydrogens is 398 g/mol. The van der Waals surface area contributed by atoms with Crippen LogP contribution in [0.2, 0.25) is 0 Å². The Bertz CT molecular complexity index is 995. The molecule has 0 saturated carbocycles. The second-order valence-electron chi connectivity index (χ2n) is 7.77. The first-order valence-electron chi connectivity index (χ1n) is 9.54. The van der Waals surface area contributed by atoms with E-state index in [9.17, 15) is 13.2 Å². The van der Waals surface area contributed by atoms with Crippen LogP contribution >= 0.6 is 0 Å². The Morgan fingerprint density at radius 2 is 1.83 bits per heavy atom. The van der Waals surface area contributed by atoms with Crippen molar-refractivity contribution >= 4 is 15.7 Å². The second kappa shape index (κ2) is 7.66. The zero-order valence-corrected chi connectivity index (χ0v) is 17.1. The topological polar surface area (TPSA) is 112 Å². The molecule has 10 heteroatoms. The molecule has 29 heavy (non-hydrogen) atoms. The Labute approximate surface area is 168 Å². The maximum absolute atomic E-state index is 12.6. The molecule has 1 fully saturated rings. The van der Waals surface area contributed by atoms with Gasteiger partial charge in [-0.2, -0.15) is 0 Å². The van der Waals surface area contributed by atoms with Crippen molar-refractivity contribution in [2.45, 2.75) is 31.6 Å². The maximum Gasteiger partial charge on any atom is 0.336 e. The minimum atomic E-state index is -4.05. The van der Waals surface area contributed by atoms with Gasteiger partial charge in [0.05, 0.1) is 0 Å². The molecular formula is C19H23N3O6S. The second-order valence-corrected chi connectivity index (χ2v) is 9.64. The van der Waals surface area contributed by atoms with Crippen LogP contribution in [0.4, 0.5) is 0 Å². The van der Waals surface area contributed by atoms with Gasteiger partial charge in [0.25, 0.3) is 5.89 Å². The van der Waals surface area contributed by atoms with E-state index in [0.29, 0.717) is 36.4 Å². The van der Waals surface area contributed by atoms with Gasteiger partial charge >= 0.3 is 5.22 Å². The van der Waals surface area contributed by atoms with Crippen LogP contribution in [0.5, 0.6) is 11.5 Å². The van der Waals surface area contributed by atoms with Gasteiger partial charge in [-0.15, -0.1) is 5.10 Å². The molecule has 2 aliphatic rings. The van der Waals surface area contributed by atoms with Crippen molar-refractivity contribution in [3.05, 3.63) is 30.2 Å². The fourth-order valence-corrected chi connectivity index (χ4v) is 4.81. The van der Waals surface area contributed by atoms with Gasteiger partial charge in [0, 0.05) is 13.1 Å². The smallest absolute Gasteiger partial charge is 0.336 e. The maximum atomic E-state index is 12.6. The molecule has 3 unspecified atom stereocenters. The van der Waals surface area contributed by atoms with Gasteiger partial charge in [-0.3, -0.25) is 4.79 Å². The Morgan fingerprint density at radius 3 is 2.55 bits per heavy atom. The fraction of sp³-hybridized carbons (Fsp3) is 0.526. The first kappa shape index (κ1) is 19.7. The minimum Gasteiger partial charge on any atom is -0.485 e. The van der Waals surface area contributed by atoms with Crippen LogP contribution in [0.1, 0.15) is 32.3 Å². The predicted octanol–water partition coefficient (Wildman–Crippen LogP) is 1.86. The number of carbonyl (C=O) groups excluding carboxylic acids is 1. The molecule has 0 aliphatic carbocycles. The molecule has 4 rings (SSSR count). The number of likely N-dealkylation sites (tertiary alicyclic amines) is 1. The number of benzene rings is 1. The quantitative estimate of drug-likeness (QED) is 0.735. The standard InChI is InChI=1S/C19H23N3O6S/c1-12-7-13(2)9-22(8-12)17(23)11-29(24,25)19-21-20-18(28-19)16-10-26-14-5-3-4-6-15(14)27-16/h3-6,12-13,16H,7-11H2,1-2H3. The molecule has 1 amide bonds. The van der Waals surface area contributed by atoms with Crippen molar-refractivity contribution in [2.75, 3.05) is 25.4 Å². The lowest BCUT2D eigenvalue weighted by Crippen LogP contribution is -2.44. The summed E-state index contributed by atoms with van der Waals surface area (Å²) in [5.41, 5.74) is 0. The van der Waals surface area contributed by atoms with Gasteiger partial charge in [-0.25, -0.2) is 8.42 Å². The van der Waals surface area contributed by atoms with E-state index < -0.39 is 32.8 Å². The third-order valence-electron chi connectivity index (χ3n) is 5.01. The highest BCUT2D eigenvalue weighted by Gasteiger charge is 2.34. The van der Waals surface area contributed by atoms with E-state index >= 15 is 0 Å². The molecule has 156 valence electrons. The van der Waals surface area contributed by atoms with Crippen molar-refractivity contribution in [3.8, 4) is 11.5 Å². The number of amides is 1. The van der Waals surface area contributed by atoms with E-state index in [4.69, 9.17) is 13.9 Å². The van der Waals surface area contributed by atoms with Gasteiger partial charge in [-0.1, -0.05) is 31.1 Å². The third-order valence-corrected chi connectivity index (χ3v) is 6.33. The van der Waals surface area contributed by atoms with Gasteiger partial charge in [0.2, 0.25) is 21.8 Å². The van der Waals surface area contributed by atoms with Gasteiger partial charge in [0.1, 0.15) is 12.4 Å². The van der Waals surface area contributed by atoms with Crippen molar-refractivity contribution in [2.24, 2.45) is 11.8 Å². The molecule has 0 N–H and O–H groups in total. The van der Waals surface area contributed by atoms with Crippen LogP contribution in [0.3, 0.4) is 0 Å². The van der Waals surface area contributed by atoms with E-state index in [1.54, 1.807) is 23.1 Å². The fourth-order valence-electron chi connectivity index (χ4n) is 3.80. The van der Waals surface area contributed by atoms with Crippen molar-refractivity contribution < 1.29 is 27.1 Å². The first-order valence-corrected chi connectivity index (χ1v) is 11.2. The van der Waals surface area contributed by atoms with E-state index in [1.165, 1.54) is 0 Å². The number of sulfone groups is 1. The number of hydrogen-bond acceptors (Lipinski definition) is 8. The van der Waals surface area contributed by atoms with Crippen LogP contribution < -0.4 is 9.47 Å². The monoisotopic (exact) mass is 421 g/mol. The average Bonchev–Trinajstić information content (AvgIpc) is 3.18. The average molecular weight is 421 g/mol. The van der Waals surface area contributed by atoms with Crippen LogP contribution in [-0.4, -0.2) is 54.9 Å². The summed E-state index contributed by atoms with van der Waals surface area (Å²) >= 11 is 0. The summed E-state index contributed by atoms with van der Waals surface area (Å²) < 4.78 is 41.9. The Balaban J connectivity index is 1.45. The van der Waals surface area contributed by atoms with Crippen molar-refractivity contribution in [3.63, 3.8) is 0 Å². The van der Waals surface area contributed by atoms with Crippen LogP contribution in [-0.2, 0) is 14.6 Å². The zero-order valence-electron chi connectivity index (χ0n) is 16.3. The highest BCUT2D eigenvalue weighted by atomic mass is 32.2. The number of hydrogen-bond donors (Lipinski definition) is 0. The lowest BCUT2D eigenvalue weighted by molar-refractivity contribution is -0.131. The molecule has 0 spiro atoms. The molecule has 0 radical (unpaired) electrons. The van der Waals surface area contributed by atoms with E-state index in [1.807, 2.05) is 6.07 Å². The molecule has 9 nitrogen and oxygen atoms in total. The summed E-state index contributed by atoms with van der Waals surface area (Å²) in [6, 6.07) is 7.11. The van der Waals surface area contributed by atoms with Crippen LogP contribution in [0.15, 0.2) is 33.9 Å². The minimum absolute atomic E-state index is 0.00857. The van der Waals surface area contributed by atoms with E-state index in [2.05, 4.69) is 24.0 Å². The number of aromatic nitrogens is 2. The van der Waals surface area contributed by atoms with Crippen LogP contribution in [0.25, 0.3) is 0 Å². The Hall–Kier alpha value is -2.62. The lowest BCUT2D eigenvalue weighted by atomic mass is 9.92. The summed E-state index contributed by atoms with van der Waals surface area (Å²) in [6.07, 6.45) is 0.303. The highest BCUT2D eigenvalue weighted by molar-refractivity contribution is 7.91. The summed E-state index contributed by atoms with van der Waals surface area (Å²) in [5.74, 6) is 0.624. The normalized spacial score (nSPS) is 24.3. The predicted molar refractivity (Wildman–Crippen MR) is 101 cm³/mol. The van der Waals surface area contributed by atoms with Gasteiger partial charge < -0.3 is 18.8 Å². The molecule has 2 aromatic rings. The van der Waals surface area contributed by atoms with Gasteiger partial charge in [0.15, 0.2) is 11.5 Å². The number of nitrogens with zero attached hydrogens (tertiary/aromatic N) is 3. The largest absolute Gasteiger partial charge is 0.485 e. The number of para-hydroxylation sites is 2. The van der Waals surface area contributed by atoms with E-state index in [0.717, 1.165) is 6.42 Å². The molecule has 0 bridgehead atoms. The Morgan fingerprint density at radius 1 is 1.14 bits per heavy atom.